The number of ether oxygens (including phenoxy) is 1. The first-order valence-corrected chi connectivity index (χ1v) is 9.26. The minimum absolute atomic E-state index is 0.0390. The van der Waals surface area contributed by atoms with E-state index in [1.54, 1.807) is 11.4 Å². The zero-order valence-corrected chi connectivity index (χ0v) is 13.6. The van der Waals surface area contributed by atoms with Crippen LogP contribution in [0.1, 0.15) is 25.1 Å². The zero-order chi connectivity index (χ0) is 14.6. The average Bonchev–Trinajstić information content (AvgIpc) is 2.88. The van der Waals surface area contributed by atoms with E-state index >= 15 is 0 Å². The summed E-state index contributed by atoms with van der Waals surface area (Å²) in [6, 6.07) is 1.78. The number of nitrogens with one attached hydrogen (secondary N) is 1. The van der Waals surface area contributed by atoms with Gasteiger partial charge in [-0.05, 0) is 26.0 Å². The van der Waals surface area contributed by atoms with Crippen LogP contribution in [0.5, 0.6) is 0 Å². The van der Waals surface area contributed by atoms with Crippen LogP contribution in [-0.2, 0) is 21.3 Å². The van der Waals surface area contributed by atoms with Crippen LogP contribution in [0.4, 0.5) is 0 Å². The molecular weight excluding hydrogens is 296 g/mol. The predicted molar refractivity (Wildman–Crippen MR) is 80.5 cm³/mol. The van der Waals surface area contributed by atoms with Crippen LogP contribution >= 0.6 is 11.3 Å². The Labute approximate surface area is 125 Å². The number of hydrogen-bond donors (Lipinski definition) is 1. The molecule has 1 aliphatic rings. The van der Waals surface area contributed by atoms with E-state index in [2.05, 4.69) is 12.2 Å². The standard InChI is InChI=1S/C13H22N2O3S2/c1-3-4-14-8-12-7-13(10-19-12)20(16,17)15-5-6-18-11(2)9-15/h7,10-11,14H,3-6,8-9H2,1-2H3. The molecule has 7 heteroatoms. The van der Waals surface area contributed by atoms with Gasteiger partial charge >= 0.3 is 0 Å². The summed E-state index contributed by atoms with van der Waals surface area (Å²) in [4.78, 5) is 1.46. The fourth-order valence-corrected chi connectivity index (χ4v) is 4.86. The van der Waals surface area contributed by atoms with Crippen molar-refractivity contribution in [1.82, 2.24) is 9.62 Å². The molecule has 0 spiro atoms. The molecule has 0 aromatic carbocycles. The van der Waals surface area contributed by atoms with Crippen molar-refractivity contribution in [3.05, 3.63) is 16.3 Å². The Morgan fingerprint density at radius 2 is 2.35 bits per heavy atom. The van der Waals surface area contributed by atoms with Gasteiger partial charge < -0.3 is 10.1 Å². The molecule has 1 N–H and O–H groups in total. The summed E-state index contributed by atoms with van der Waals surface area (Å²) in [6.07, 6.45) is 1.03. The maximum atomic E-state index is 12.5. The van der Waals surface area contributed by atoms with Crippen molar-refractivity contribution in [2.45, 2.75) is 37.8 Å². The molecule has 2 rings (SSSR count). The Bertz CT molecular complexity index is 527. The maximum absolute atomic E-state index is 12.5. The van der Waals surface area contributed by atoms with Crippen LogP contribution < -0.4 is 5.32 Å². The number of sulfonamides is 1. The molecule has 20 heavy (non-hydrogen) atoms. The van der Waals surface area contributed by atoms with Crippen LogP contribution in [0.2, 0.25) is 0 Å². The number of thiophene rings is 1. The summed E-state index contributed by atoms with van der Waals surface area (Å²) >= 11 is 1.49. The Kier molecular flexibility index (Phi) is 5.57. The van der Waals surface area contributed by atoms with E-state index in [0.717, 1.165) is 24.4 Å². The number of morpholine rings is 1. The molecule has 114 valence electrons. The van der Waals surface area contributed by atoms with Crippen molar-refractivity contribution in [1.29, 1.82) is 0 Å². The molecule has 0 bridgehead atoms. The first-order valence-electron chi connectivity index (χ1n) is 6.94. The van der Waals surface area contributed by atoms with Crippen molar-refractivity contribution >= 4 is 21.4 Å². The predicted octanol–water partition coefficient (Wildman–Crippen LogP) is 1.66. The van der Waals surface area contributed by atoms with Gasteiger partial charge in [0.2, 0.25) is 10.0 Å². The molecule has 0 radical (unpaired) electrons. The van der Waals surface area contributed by atoms with Gasteiger partial charge in [0.05, 0.1) is 17.6 Å². The van der Waals surface area contributed by atoms with Crippen LogP contribution in [0.25, 0.3) is 0 Å². The summed E-state index contributed by atoms with van der Waals surface area (Å²) in [5, 5.41) is 5.02. The molecule has 1 atom stereocenters. The largest absolute Gasteiger partial charge is 0.376 e. The maximum Gasteiger partial charge on any atom is 0.244 e. The van der Waals surface area contributed by atoms with Crippen LogP contribution in [0, 0.1) is 0 Å². The van der Waals surface area contributed by atoms with E-state index in [-0.39, 0.29) is 6.10 Å². The zero-order valence-electron chi connectivity index (χ0n) is 12.0. The van der Waals surface area contributed by atoms with Gasteiger partial charge in [-0.2, -0.15) is 4.31 Å². The van der Waals surface area contributed by atoms with Crippen LogP contribution in [0.15, 0.2) is 16.3 Å². The van der Waals surface area contributed by atoms with Gasteiger partial charge in [0.1, 0.15) is 0 Å². The highest BCUT2D eigenvalue weighted by Crippen LogP contribution is 2.24. The molecule has 1 aromatic heterocycles. The SMILES string of the molecule is CCCNCc1cc(S(=O)(=O)N2CCOC(C)C2)cs1. The fraction of sp³-hybridized carbons (Fsp3) is 0.692. The van der Waals surface area contributed by atoms with Gasteiger partial charge in [0, 0.05) is 29.9 Å². The third-order valence-corrected chi connectivity index (χ3v) is 6.13. The molecule has 1 aliphatic heterocycles. The first kappa shape index (κ1) is 15.9. The van der Waals surface area contributed by atoms with Crippen LogP contribution in [0.3, 0.4) is 0 Å². The van der Waals surface area contributed by atoms with Gasteiger partial charge in [0.25, 0.3) is 0 Å². The smallest absolute Gasteiger partial charge is 0.244 e. The van der Waals surface area contributed by atoms with Gasteiger partial charge in [-0.15, -0.1) is 11.3 Å². The Morgan fingerprint density at radius 1 is 1.55 bits per heavy atom. The monoisotopic (exact) mass is 318 g/mol. The van der Waals surface area contributed by atoms with Gasteiger partial charge in [-0.25, -0.2) is 8.42 Å². The summed E-state index contributed by atoms with van der Waals surface area (Å²) in [7, 11) is -3.37. The normalized spacial score (nSPS) is 21.2. The molecule has 1 saturated heterocycles. The second-order valence-corrected chi connectivity index (χ2v) is 7.90. The molecular formula is C13H22N2O3S2. The number of hydrogen-bond acceptors (Lipinski definition) is 5. The lowest BCUT2D eigenvalue weighted by atomic mass is 10.3. The summed E-state index contributed by atoms with van der Waals surface area (Å²) in [5.74, 6) is 0. The topological polar surface area (TPSA) is 58.6 Å². The third kappa shape index (κ3) is 3.79. The molecule has 0 saturated carbocycles. The van der Waals surface area contributed by atoms with E-state index in [1.165, 1.54) is 15.6 Å². The number of rotatable bonds is 6. The highest BCUT2D eigenvalue weighted by atomic mass is 32.2. The summed E-state index contributed by atoms with van der Waals surface area (Å²) in [6.45, 7) is 7.02. The van der Waals surface area contributed by atoms with E-state index < -0.39 is 10.0 Å². The van der Waals surface area contributed by atoms with Crippen LogP contribution in [-0.4, -0.2) is 45.1 Å². The molecule has 0 amide bonds. The van der Waals surface area contributed by atoms with E-state index in [1.807, 2.05) is 6.92 Å². The summed E-state index contributed by atoms with van der Waals surface area (Å²) in [5.41, 5.74) is 0. The minimum atomic E-state index is -3.37. The van der Waals surface area contributed by atoms with Gasteiger partial charge in [0.15, 0.2) is 0 Å². The highest BCUT2D eigenvalue weighted by Gasteiger charge is 2.29. The summed E-state index contributed by atoms with van der Waals surface area (Å²) < 4.78 is 32.0. The van der Waals surface area contributed by atoms with Gasteiger partial charge in [-0.1, -0.05) is 6.92 Å². The molecule has 1 unspecified atom stereocenters. The van der Waals surface area contributed by atoms with Crippen molar-refractivity contribution in [3.8, 4) is 0 Å². The second kappa shape index (κ2) is 7.00. The van der Waals surface area contributed by atoms with E-state index in [0.29, 0.717) is 24.6 Å². The van der Waals surface area contributed by atoms with Gasteiger partial charge in [-0.3, -0.25) is 0 Å². The molecule has 1 fully saturated rings. The quantitative estimate of drug-likeness (QED) is 0.811. The fourth-order valence-electron chi connectivity index (χ4n) is 2.13. The molecule has 5 nitrogen and oxygen atoms in total. The van der Waals surface area contributed by atoms with Crippen molar-refractivity contribution in [3.63, 3.8) is 0 Å². The lowest BCUT2D eigenvalue weighted by molar-refractivity contribution is 0.0102. The van der Waals surface area contributed by atoms with Crippen molar-refractivity contribution in [2.75, 3.05) is 26.2 Å². The molecule has 0 aliphatic carbocycles. The van der Waals surface area contributed by atoms with Crippen molar-refractivity contribution in [2.24, 2.45) is 0 Å². The van der Waals surface area contributed by atoms with Crippen molar-refractivity contribution < 1.29 is 13.2 Å². The lowest BCUT2D eigenvalue weighted by Gasteiger charge is -2.29. The molecule has 1 aromatic rings. The van der Waals surface area contributed by atoms with E-state index in [9.17, 15) is 8.42 Å². The first-order chi connectivity index (χ1) is 9.54. The average molecular weight is 318 g/mol. The Balaban J connectivity index is 2.05. The highest BCUT2D eigenvalue weighted by molar-refractivity contribution is 7.89. The molecule has 2 heterocycles. The number of nitrogens with zero attached hydrogens (tertiary/aromatic N) is 1. The lowest BCUT2D eigenvalue weighted by Crippen LogP contribution is -2.44. The Morgan fingerprint density at radius 3 is 3.05 bits per heavy atom. The van der Waals surface area contributed by atoms with E-state index in [4.69, 9.17) is 4.74 Å². The minimum Gasteiger partial charge on any atom is -0.376 e. The third-order valence-electron chi connectivity index (χ3n) is 3.20. The Hall–Kier alpha value is -0.470. The second-order valence-electron chi connectivity index (χ2n) is 4.97.